The van der Waals surface area contributed by atoms with Gasteiger partial charge in [-0.1, -0.05) is 17.7 Å². The lowest BCUT2D eigenvalue weighted by Gasteiger charge is -2.24. The summed E-state index contributed by atoms with van der Waals surface area (Å²) in [4.78, 5) is 34.5. The predicted molar refractivity (Wildman–Crippen MR) is 121 cm³/mol. The Morgan fingerprint density at radius 3 is 2.55 bits per heavy atom. The number of nitrogens with one attached hydrogen (secondary N) is 1. The third kappa shape index (κ3) is 5.93. The molecule has 0 spiro atoms. The number of amides is 1. The minimum absolute atomic E-state index is 0.136. The SMILES string of the molecule is COc1ccc(C(NC(C)=O)c2cc(Cl)c3cccnc3c2OCOP(=O)(O)O)cc1OC. The van der Waals surface area contributed by atoms with Gasteiger partial charge in [-0.25, -0.2) is 9.09 Å². The monoisotopic (exact) mass is 496 g/mol. The van der Waals surface area contributed by atoms with Crippen LogP contribution in [0.4, 0.5) is 0 Å². The molecule has 12 heteroatoms. The highest BCUT2D eigenvalue weighted by Crippen LogP contribution is 2.42. The Balaban J connectivity index is 2.20. The van der Waals surface area contributed by atoms with Crippen LogP contribution in [-0.2, 0) is 13.9 Å². The number of nitrogens with zero attached hydrogens (tertiary/aromatic N) is 1. The van der Waals surface area contributed by atoms with Crippen molar-refractivity contribution in [3.8, 4) is 17.2 Å². The quantitative estimate of drug-likeness (QED) is 0.300. The molecule has 0 aliphatic heterocycles. The van der Waals surface area contributed by atoms with Crippen LogP contribution >= 0.6 is 19.4 Å². The number of rotatable bonds is 9. The molecule has 0 saturated carbocycles. The molecule has 1 amide bonds. The average Bonchev–Trinajstić information content (AvgIpc) is 2.77. The lowest BCUT2D eigenvalue weighted by molar-refractivity contribution is -0.119. The first-order valence-electron chi connectivity index (χ1n) is 9.53. The molecule has 10 nitrogen and oxygen atoms in total. The zero-order valence-corrected chi connectivity index (χ0v) is 19.6. The normalized spacial score (nSPS) is 12.3. The van der Waals surface area contributed by atoms with Crippen LogP contribution in [-0.4, -0.2) is 41.7 Å². The maximum Gasteiger partial charge on any atom is 0.472 e. The van der Waals surface area contributed by atoms with E-state index in [1.807, 2.05) is 0 Å². The van der Waals surface area contributed by atoms with Crippen LogP contribution in [0.5, 0.6) is 17.2 Å². The highest BCUT2D eigenvalue weighted by atomic mass is 35.5. The number of aromatic nitrogens is 1. The van der Waals surface area contributed by atoms with E-state index in [9.17, 15) is 9.36 Å². The predicted octanol–water partition coefficient (Wildman–Crippen LogP) is 3.58. The number of fused-ring (bicyclic) bond motifs is 1. The molecule has 1 atom stereocenters. The molecule has 1 heterocycles. The minimum Gasteiger partial charge on any atom is -0.493 e. The van der Waals surface area contributed by atoms with Crippen molar-refractivity contribution in [2.75, 3.05) is 21.0 Å². The third-order valence-electron chi connectivity index (χ3n) is 4.65. The Labute approximate surface area is 194 Å². The first kappa shape index (κ1) is 24.8. The van der Waals surface area contributed by atoms with Gasteiger partial charge in [-0.05, 0) is 35.9 Å². The lowest BCUT2D eigenvalue weighted by Crippen LogP contribution is -2.27. The summed E-state index contributed by atoms with van der Waals surface area (Å²) in [7, 11) is -1.79. The fourth-order valence-electron chi connectivity index (χ4n) is 3.29. The van der Waals surface area contributed by atoms with Gasteiger partial charge in [0.1, 0.15) is 5.52 Å². The number of phosphoric acid groups is 1. The van der Waals surface area contributed by atoms with E-state index in [0.717, 1.165) is 0 Å². The highest BCUT2D eigenvalue weighted by Gasteiger charge is 2.25. The van der Waals surface area contributed by atoms with Gasteiger partial charge in [-0.3, -0.25) is 9.78 Å². The van der Waals surface area contributed by atoms with Crippen LogP contribution in [0.15, 0.2) is 42.6 Å². The molecule has 2 aromatic carbocycles. The van der Waals surface area contributed by atoms with Crippen molar-refractivity contribution in [3.05, 3.63) is 58.7 Å². The van der Waals surface area contributed by atoms with E-state index in [0.29, 0.717) is 38.6 Å². The summed E-state index contributed by atoms with van der Waals surface area (Å²) in [5, 5.41) is 3.73. The van der Waals surface area contributed by atoms with Gasteiger partial charge in [-0.2, -0.15) is 0 Å². The van der Waals surface area contributed by atoms with Crippen LogP contribution in [0.25, 0.3) is 10.9 Å². The number of halogens is 1. The van der Waals surface area contributed by atoms with Gasteiger partial charge in [0.25, 0.3) is 0 Å². The molecule has 0 saturated heterocycles. The number of carbonyl (C=O) groups is 1. The van der Waals surface area contributed by atoms with Crippen molar-refractivity contribution in [1.82, 2.24) is 10.3 Å². The number of hydrogen-bond donors (Lipinski definition) is 3. The maximum atomic E-state index is 12.1. The second kappa shape index (κ2) is 10.4. The number of carbonyl (C=O) groups excluding carboxylic acids is 1. The van der Waals surface area contributed by atoms with Crippen LogP contribution in [0.2, 0.25) is 5.02 Å². The highest BCUT2D eigenvalue weighted by molar-refractivity contribution is 7.46. The zero-order chi connectivity index (χ0) is 24.2. The van der Waals surface area contributed by atoms with E-state index in [1.54, 1.807) is 36.4 Å². The molecule has 1 aromatic heterocycles. The lowest BCUT2D eigenvalue weighted by atomic mass is 9.95. The van der Waals surface area contributed by atoms with Gasteiger partial charge in [0.15, 0.2) is 24.0 Å². The third-order valence-corrected chi connectivity index (χ3v) is 5.40. The number of pyridine rings is 1. The number of phosphoric ester groups is 1. The Hall–Kier alpha value is -2.88. The van der Waals surface area contributed by atoms with Crippen molar-refractivity contribution in [3.63, 3.8) is 0 Å². The largest absolute Gasteiger partial charge is 0.493 e. The van der Waals surface area contributed by atoms with Crippen molar-refractivity contribution < 1.29 is 37.9 Å². The molecule has 176 valence electrons. The molecule has 3 N–H and O–H groups in total. The van der Waals surface area contributed by atoms with Gasteiger partial charge in [0.05, 0.1) is 25.3 Å². The van der Waals surface area contributed by atoms with E-state index in [1.165, 1.54) is 27.3 Å². The Bertz CT molecular complexity index is 1220. The van der Waals surface area contributed by atoms with E-state index in [4.69, 9.17) is 35.6 Å². The summed E-state index contributed by atoms with van der Waals surface area (Å²) in [6.07, 6.45) is 1.52. The summed E-state index contributed by atoms with van der Waals surface area (Å²) in [5.41, 5.74) is 1.32. The van der Waals surface area contributed by atoms with Crippen molar-refractivity contribution in [2.45, 2.75) is 13.0 Å². The van der Waals surface area contributed by atoms with Crippen LogP contribution in [0, 0.1) is 0 Å². The molecule has 3 aromatic rings. The molecule has 0 fully saturated rings. The van der Waals surface area contributed by atoms with Gasteiger partial charge in [-0.15, -0.1) is 0 Å². The first-order valence-corrected chi connectivity index (χ1v) is 11.4. The van der Waals surface area contributed by atoms with Crippen molar-refractivity contribution >= 4 is 36.2 Å². The molecule has 0 bridgehead atoms. The van der Waals surface area contributed by atoms with Gasteiger partial charge in [0.2, 0.25) is 5.91 Å². The van der Waals surface area contributed by atoms with Crippen LogP contribution < -0.4 is 19.5 Å². The topological polar surface area (TPSA) is 136 Å². The summed E-state index contributed by atoms with van der Waals surface area (Å²) in [6.45, 7) is 0.593. The molecule has 33 heavy (non-hydrogen) atoms. The molecule has 3 rings (SSSR count). The molecular formula is C21H22ClN2O8P. The number of ether oxygens (including phenoxy) is 3. The first-order chi connectivity index (χ1) is 15.6. The Kier molecular flexibility index (Phi) is 7.78. The number of benzene rings is 2. The van der Waals surface area contributed by atoms with E-state index >= 15 is 0 Å². The average molecular weight is 497 g/mol. The fourth-order valence-corrected chi connectivity index (χ4v) is 3.75. The Morgan fingerprint density at radius 2 is 1.91 bits per heavy atom. The molecule has 1 unspecified atom stereocenters. The summed E-state index contributed by atoms with van der Waals surface area (Å²) >= 11 is 6.51. The van der Waals surface area contributed by atoms with Gasteiger partial charge in [0, 0.05) is 24.1 Å². The molecule has 0 aliphatic rings. The fraction of sp³-hybridized carbons (Fsp3) is 0.238. The van der Waals surface area contributed by atoms with Crippen molar-refractivity contribution in [2.24, 2.45) is 0 Å². The number of methoxy groups -OCH3 is 2. The molecule has 0 radical (unpaired) electrons. The van der Waals surface area contributed by atoms with Crippen molar-refractivity contribution in [1.29, 1.82) is 0 Å². The van der Waals surface area contributed by atoms with Crippen LogP contribution in [0.1, 0.15) is 24.1 Å². The van der Waals surface area contributed by atoms with Gasteiger partial charge < -0.3 is 29.3 Å². The smallest absolute Gasteiger partial charge is 0.472 e. The van der Waals surface area contributed by atoms with E-state index in [2.05, 4.69) is 14.8 Å². The number of hydrogen-bond acceptors (Lipinski definition) is 7. The zero-order valence-electron chi connectivity index (χ0n) is 17.9. The standard InChI is InChI=1S/C21H22ClN2O8P/c1-12(25)24-19(13-6-7-17(29-2)18(9-13)30-3)15-10-16(22)14-5-4-8-23-20(14)21(15)31-11-32-33(26,27)28/h4-10,19H,11H2,1-3H3,(H,24,25)(H2,26,27,28). The maximum absolute atomic E-state index is 12.1. The molecule has 0 aliphatic carbocycles. The summed E-state index contributed by atoms with van der Waals surface area (Å²) in [5.74, 6) is 0.719. The Morgan fingerprint density at radius 1 is 1.18 bits per heavy atom. The minimum atomic E-state index is -4.78. The van der Waals surface area contributed by atoms with Crippen LogP contribution in [0.3, 0.4) is 0 Å². The van der Waals surface area contributed by atoms with Gasteiger partial charge >= 0.3 is 7.82 Å². The molecular weight excluding hydrogens is 475 g/mol. The summed E-state index contributed by atoms with van der Waals surface area (Å²) < 4.78 is 31.9. The summed E-state index contributed by atoms with van der Waals surface area (Å²) in [6, 6.07) is 9.31. The second-order valence-corrected chi connectivity index (χ2v) is 8.45. The second-order valence-electron chi connectivity index (χ2n) is 6.81. The van der Waals surface area contributed by atoms with E-state index < -0.39 is 20.7 Å². The van der Waals surface area contributed by atoms with E-state index in [-0.39, 0.29) is 11.7 Å².